The molecule has 1 unspecified atom stereocenters. The summed E-state index contributed by atoms with van der Waals surface area (Å²) in [6.45, 7) is 2.24. The van der Waals surface area contributed by atoms with E-state index in [-0.39, 0.29) is 6.61 Å². The smallest absolute Gasteiger partial charge is 0.134 e. The molecular weight excluding hydrogens is 229 g/mol. The van der Waals surface area contributed by atoms with Crippen molar-refractivity contribution in [3.63, 3.8) is 0 Å². The maximum atomic E-state index is 13.5. The molecule has 0 aliphatic carbocycles. The zero-order valence-corrected chi connectivity index (χ0v) is 10.9. The first-order chi connectivity index (χ1) is 8.76. The minimum absolute atomic E-state index is 0.0953. The number of ether oxygens (including phenoxy) is 1. The number of rotatable bonds is 8. The molecule has 0 amide bonds. The van der Waals surface area contributed by atoms with Crippen molar-refractivity contribution in [3.8, 4) is 11.8 Å². The van der Waals surface area contributed by atoms with Gasteiger partial charge in [-0.2, -0.15) is 5.26 Å². The fourth-order valence-electron chi connectivity index (χ4n) is 1.69. The molecule has 0 aliphatic rings. The third-order valence-electron chi connectivity index (χ3n) is 2.79. The number of nitrogens with zero attached hydrogens (tertiary/aromatic N) is 1. The summed E-state index contributed by atoms with van der Waals surface area (Å²) >= 11 is 0. The van der Waals surface area contributed by atoms with Gasteiger partial charge < -0.3 is 4.74 Å². The molecule has 2 nitrogen and oxygen atoms in total. The van der Waals surface area contributed by atoms with E-state index in [1.807, 2.05) is 6.07 Å². The van der Waals surface area contributed by atoms with Crippen LogP contribution in [0.2, 0.25) is 0 Å². The summed E-state index contributed by atoms with van der Waals surface area (Å²) in [5, 5.41) is 8.64. The number of halogens is 1. The molecule has 0 fully saturated rings. The molecule has 0 saturated heterocycles. The van der Waals surface area contributed by atoms with E-state index in [1.165, 1.54) is 12.8 Å². The average Bonchev–Trinajstić information content (AvgIpc) is 2.42. The lowest BCUT2D eigenvalue weighted by molar-refractivity contribution is 0.184. The molecule has 0 saturated carbocycles. The standard InChI is InChI=1S/C15H20FNO/c1-2-3-4-5-6-14(16)12-18-15-9-7-13(11-17)8-10-15/h7-10,14H,2-6,12H2,1H3. The lowest BCUT2D eigenvalue weighted by Gasteiger charge is -2.10. The highest BCUT2D eigenvalue weighted by molar-refractivity contribution is 5.34. The van der Waals surface area contributed by atoms with Crippen molar-refractivity contribution >= 4 is 0 Å². The van der Waals surface area contributed by atoms with Crippen molar-refractivity contribution in [1.29, 1.82) is 5.26 Å². The summed E-state index contributed by atoms with van der Waals surface area (Å²) in [5.41, 5.74) is 0.582. The normalized spacial score (nSPS) is 11.8. The summed E-state index contributed by atoms with van der Waals surface area (Å²) < 4.78 is 18.8. The van der Waals surface area contributed by atoms with Gasteiger partial charge in [-0.25, -0.2) is 4.39 Å². The third kappa shape index (κ3) is 5.67. The molecule has 1 rings (SSSR count). The first-order valence-corrected chi connectivity index (χ1v) is 6.53. The monoisotopic (exact) mass is 249 g/mol. The number of alkyl halides is 1. The minimum atomic E-state index is -0.905. The van der Waals surface area contributed by atoms with E-state index in [2.05, 4.69) is 6.92 Å². The molecule has 0 aromatic heterocycles. The molecule has 0 heterocycles. The molecule has 0 N–H and O–H groups in total. The molecule has 0 radical (unpaired) electrons. The molecule has 1 atom stereocenters. The van der Waals surface area contributed by atoms with Crippen LogP contribution >= 0.6 is 0 Å². The lowest BCUT2D eigenvalue weighted by Crippen LogP contribution is -2.12. The van der Waals surface area contributed by atoms with Crippen molar-refractivity contribution in [2.24, 2.45) is 0 Å². The largest absolute Gasteiger partial charge is 0.491 e. The SMILES string of the molecule is CCCCCCC(F)COc1ccc(C#N)cc1. The summed E-state index contributed by atoms with van der Waals surface area (Å²) in [4.78, 5) is 0. The molecule has 3 heteroatoms. The molecule has 18 heavy (non-hydrogen) atoms. The quantitative estimate of drug-likeness (QED) is 0.645. The molecule has 1 aromatic rings. The first kappa shape index (κ1) is 14.5. The maximum absolute atomic E-state index is 13.5. The Labute approximate surface area is 108 Å². The summed E-state index contributed by atoms with van der Waals surface area (Å²) in [6, 6.07) is 8.76. The van der Waals surface area contributed by atoms with Gasteiger partial charge in [0.15, 0.2) is 0 Å². The highest BCUT2D eigenvalue weighted by atomic mass is 19.1. The zero-order valence-electron chi connectivity index (χ0n) is 10.9. The van der Waals surface area contributed by atoms with E-state index >= 15 is 0 Å². The highest BCUT2D eigenvalue weighted by Gasteiger charge is 2.07. The summed E-state index contributed by atoms with van der Waals surface area (Å²) in [7, 11) is 0. The Kier molecular flexibility index (Phi) is 6.86. The van der Waals surface area contributed by atoms with Gasteiger partial charge in [-0.1, -0.05) is 32.6 Å². The second kappa shape index (κ2) is 8.52. The van der Waals surface area contributed by atoms with Gasteiger partial charge in [-0.3, -0.25) is 0 Å². The molecule has 0 spiro atoms. The van der Waals surface area contributed by atoms with Crippen LogP contribution < -0.4 is 4.74 Å². The van der Waals surface area contributed by atoms with Crippen LogP contribution in [0.5, 0.6) is 5.75 Å². The molecule has 98 valence electrons. The second-order valence-electron chi connectivity index (χ2n) is 4.39. The van der Waals surface area contributed by atoms with E-state index in [1.54, 1.807) is 24.3 Å². The molecule has 0 aliphatic heterocycles. The highest BCUT2D eigenvalue weighted by Crippen LogP contribution is 2.14. The molecule has 0 bridgehead atoms. The van der Waals surface area contributed by atoms with Gasteiger partial charge in [-0.05, 0) is 30.7 Å². The van der Waals surface area contributed by atoms with E-state index in [0.717, 1.165) is 12.8 Å². The van der Waals surface area contributed by atoms with Gasteiger partial charge in [0.05, 0.1) is 11.6 Å². The molecular formula is C15H20FNO. The number of benzene rings is 1. The second-order valence-corrected chi connectivity index (χ2v) is 4.39. The summed E-state index contributed by atoms with van der Waals surface area (Å²) in [6.07, 6.45) is 4.01. The number of nitriles is 1. The Hall–Kier alpha value is -1.56. The number of unbranched alkanes of at least 4 members (excludes halogenated alkanes) is 3. The van der Waals surface area contributed by atoms with Crippen molar-refractivity contribution in [3.05, 3.63) is 29.8 Å². The Morgan fingerprint density at radius 1 is 1.22 bits per heavy atom. The van der Waals surface area contributed by atoms with Crippen molar-refractivity contribution < 1.29 is 9.13 Å². The van der Waals surface area contributed by atoms with Crippen molar-refractivity contribution in [2.75, 3.05) is 6.61 Å². The predicted octanol–water partition coefficient (Wildman–Crippen LogP) is 4.25. The molecule has 1 aromatic carbocycles. The average molecular weight is 249 g/mol. The van der Waals surface area contributed by atoms with Crippen LogP contribution in [-0.2, 0) is 0 Å². The van der Waals surface area contributed by atoms with E-state index in [4.69, 9.17) is 10.00 Å². The Morgan fingerprint density at radius 3 is 2.56 bits per heavy atom. The topological polar surface area (TPSA) is 33.0 Å². The number of hydrogen-bond acceptors (Lipinski definition) is 2. The van der Waals surface area contributed by atoms with Crippen LogP contribution in [0, 0.1) is 11.3 Å². The zero-order chi connectivity index (χ0) is 13.2. The summed E-state index contributed by atoms with van der Waals surface area (Å²) in [5.74, 6) is 0.616. The predicted molar refractivity (Wildman–Crippen MR) is 70.3 cm³/mol. The number of hydrogen-bond donors (Lipinski definition) is 0. The van der Waals surface area contributed by atoms with Gasteiger partial charge >= 0.3 is 0 Å². The Balaban J connectivity index is 2.21. The first-order valence-electron chi connectivity index (χ1n) is 6.53. The minimum Gasteiger partial charge on any atom is -0.491 e. The van der Waals surface area contributed by atoms with Gasteiger partial charge in [0.1, 0.15) is 18.5 Å². The van der Waals surface area contributed by atoms with Gasteiger partial charge in [0.25, 0.3) is 0 Å². The van der Waals surface area contributed by atoms with Crippen LogP contribution in [0.15, 0.2) is 24.3 Å². The van der Waals surface area contributed by atoms with Crippen molar-refractivity contribution in [1.82, 2.24) is 0 Å². The van der Waals surface area contributed by atoms with Crippen LogP contribution in [0.4, 0.5) is 4.39 Å². The van der Waals surface area contributed by atoms with E-state index in [9.17, 15) is 4.39 Å². The van der Waals surface area contributed by atoms with Gasteiger partial charge in [-0.15, -0.1) is 0 Å². The maximum Gasteiger partial charge on any atom is 0.134 e. The fraction of sp³-hybridized carbons (Fsp3) is 0.533. The lowest BCUT2D eigenvalue weighted by atomic mass is 10.1. The van der Waals surface area contributed by atoms with Crippen LogP contribution in [0.1, 0.15) is 44.6 Å². The van der Waals surface area contributed by atoms with Gasteiger partial charge in [0.2, 0.25) is 0 Å². The van der Waals surface area contributed by atoms with Crippen LogP contribution in [0.25, 0.3) is 0 Å². The van der Waals surface area contributed by atoms with Gasteiger partial charge in [0, 0.05) is 0 Å². The fourth-order valence-corrected chi connectivity index (χ4v) is 1.69. The van der Waals surface area contributed by atoms with E-state index < -0.39 is 6.17 Å². The van der Waals surface area contributed by atoms with Crippen LogP contribution in [0.3, 0.4) is 0 Å². The van der Waals surface area contributed by atoms with E-state index in [0.29, 0.717) is 17.7 Å². The van der Waals surface area contributed by atoms with Crippen molar-refractivity contribution in [2.45, 2.75) is 45.2 Å². The Morgan fingerprint density at radius 2 is 1.94 bits per heavy atom. The van der Waals surface area contributed by atoms with Crippen LogP contribution in [-0.4, -0.2) is 12.8 Å². The third-order valence-corrected chi connectivity index (χ3v) is 2.79. The Bertz CT molecular complexity index is 369.